The smallest absolute Gasteiger partial charge is 0 e. The second-order valence-electron chi connectivity index (χ2n) is 8.43. The van der Waals surface area contributed by atoms with E-state index in [9.17, 15) is 29.7 Å². The number of unbranched alkanes of at least 4 members (excludes halogenated alkanes) is 7. The van der Waals surface area contributed by atoms with Gasteiger partial charge in [-0.2, -0.15) is 11.8 Å². The van der Waals surface area contributed by atoms with Crippen LogP contribution in [0, 0.1) is 26.9 Å². The molecule has 1 aromatic rings. The molecule has 15 heteroatoms. The van der Waals surface area contributed by atoms with E-state index in [1.807, 2.05) is 0 Å². The summed E-state index contributed by atoms with van der Waals surface area (Å²) in [7, 11) is 0. The number of nitrogens with zero attached hydrogens (tertiary/aromatic N) is 2. The van der Waals surface area contributed by atoms with E-state index in [0.717, 1.165) is 56.7 Å². The molecule has 1 N–H and O–H groups in total. The average molecular weight is 754 g/mol. The molecule has 2 heterocycles. The van der Waals surface area contributed by atoms with Crippen LogP contribution in [0.5, 0.6) is 0 Å². The third-order valence-electron chi connectivity index (χ3n) is 5.80. The number of aliphatic carboxylic acids is 1. The maximum absolute atomic E-state index is 12.8. The van der Waals surface area contributed by atoms with Gasteiger partial charge in [-0.1, -0.05) is 44.6 Å². The molecule has 4 atom stereocenters. The topological polar surface area (TPSA) is 223 Å². The Labute approximate surface area is 251 Å². The molecule has 1 aliphatic rings. The number of carbonyl (C=O) groups is 1. The molecule has 1 radical (unpaired) electrons. The minimum atomic E-state index is -1.34. The Hall–Kier alpha value is -1.78. The molecule has 13 nitrogen and oxygen atoms in total. The standard InChI is InChI=1S/C22H34N3O7S.3CO.Re/c1-15-13-25(18-12-16(27)17(14-26)32-18)22(31)24(20(15)28)10-8-6-4-2-3-5-7-9-11-33-19(23)21(29)30;3*1-2;/h13,16-19,23H,2-12,14H2,1H3,(H,29,30);;;;/q-3;;;;/p-1/t16-,17+,18+,19?;;;;/m0..../s1. The number of hydrogen-bond acceptors (Lipinski definition) is 8. The van der Waals surface area contributed by atoms with Gasteiger partial charge in [0.2, 0.25) is 0 Å². The third-order valence-corrected chi connectivity index (χ3v) is 6.85. The van der Waals surface area contributed by atoms with E-state index in [0.29, 0.717) is 24.3 Å². The largest absolute Gasteiger partial charge is 0 e. The fourth-order valence-electron chi connectivity index (χ4n) is 3.88. The van der Waals surface area contributed by atoms with Crippen molar-refractivity contribution < 1.29 is 59.2 Å². The van der Waals surface area contributed by atoms with E-state index in [4.69, 9.17) is 24.4 Å². The van der Waals surface area contributed by atoms with Gasteiger partial charge < -0.3 is 30.6 Å². The van der Waals surface area contributed by atoms with E-state index in [1.54, 1.807) is 6.92 Å². The summed E-state index contributed by atoms with van der Waals surface area (Å²) < 4.78 is 30.4. The van der Waals surface area contributed by atoms with Gasteiger partial charge in [0.1, 0.15) is 6.23 Å². The first-order chi connectivity index (χ1) is 18.8. The molecule has 1 fully saturated rings. The number of thioether (sulfide) groups is 1. The molecule has 1 unspecified atom stereocenters. The van der Waals surface area contributed by atoms with Gasteiger partial charge in [-0.25, -0.2) is 4.79 Å². The molecule has 1 aliphatic heterocycles. The predicted molar refractivity (Wildman–Crippen MR) is 131 cm³/mol. The van der Waals surface area contributed by atoms with Gasteiger partial charge in [0.25, 0.3) is 5.56 Å². The summed E-state index contributed by atoms with van der Waals surface area (Å²) in [5, 5.41) is 32.2. The van der Waals surface area contributed by atoms with Crippen LogP contribution in [0.2, 0.25) is 0 Å². The van der Waals surface area contributed by atoms with Crippen molar-refractivity contribution in [3.63, 3.8) is 0 Å². The molecule has 0 amide bonds. The first-order valence-electron chi connectivity index (χ1n) is 12.1. The summed E-state index contributed by atoms with van der Waals surface area (Å²) in [5.74, 6) is -0.702. The van der Waals surface area contributed by atoms with Crippen LogP contribution in [0.3, 0.4) is 0 Å². The van der Waals surface area contributed by atoms with Crippen LogP contribution < -0.4 is 26.6 Å². The van der Waals surface area contributed by atoms with Crippen molar-refractivity contribution in [3.8, 4) is 0 Å². The molecule has 225 valence electrons. The molecule has 2 rings (SSSR count). The number of carboxylic acid groups (broad SMARTS) is 1. The van der Waals surface area contributed by atoms with Crippen LogP contribution in [0.1, 0.15) is 69.6 Å². The monoisotopic (exact) mass is 754 g/mol. The molecular formula is C25H33N3O10ReS-4. The van der Waals surface area contributed by atoms with Crippen LogP contribution in [0.15, 0.2) is 15.8 Å². The van der Waals surface area contributed by atoms with E-state index in [2.05, 4.69) is 20.0 Å². The number of aromatic nitrogens is 2. The number of nitrogens with one attached hydrogen (secondary N) is 1. The summed E-state index contributed by atoms with van der Waals surface area (Å²) in [6, 6.07) is 0. The second-order valence-corrected chi connectivity index (χ2v) is 9.64. The minimum absolute atomic E-state index is 0. The second kappa shape index (κ2) is 26.1. The Morgan fingerprint density at radius 3 is 2.05 bits per heavy atom. The molecule has 1 aromatic heterocycles. The Balaban J connectivity index is -0.00000183. The van der Waals surface area contributed by atoms with E-state index in [1.165, 1.54) is 15.3 Å². The van der Waals surface area contributed by atoms with Gasteiger partial charge in [0.05, 0.1) is 0 Å². The Kier molecular flexibility index (Phi) is 27.9. The molecule has 0 saturated carbocycles. The van der Waals surface area contributed by atoms with Crippen molar-refractivity contribution in [3.05, 3.63) is 58.3 Å². The van der Waals surface area contributed by atoms with Crippen LogP contribution >= 0.6 is 11.8 Å². The van der Waals surface area contributed by atoms with Crippen LogP contribution in [-0.4, -0.2) is 45.0 Å². The summed E-state index contributed by atoms with van der Waals surface area (Å²) in [4.78, 5) is 35.7. The van der Waals surface area contributed by atoms with Crippen molar-refractivity contribution in [2.75, 3.05) is 12.4 Å². The van der Waals surface area contributed by atoms with Crippen LogP contribution in [0.4, 0.5) is 0 Å². The number of carbonyl (C=O) groups excluding carboxylic acids is 1. The van der Waals surface area contributed by atoms with E-state index in [-0.39, 0.29) is 32.4 Å². The number of carboxylic acids is 1. The Morgan fingerprint density at radius 1 is 1.07 bits per heavy atom. The molecule has 1 saturated heterocycles. The SMILES string of the molecule is Cc1cn([C@H]2C[C@H]([O-])[C@@H](C[O-])O2)c(=O)n(CCCCCCCCCCSC([NH-])C(=O)[O-])c1=O.[C-]#[O+].[C-]#[O+].[C-]#[O+].[Re]. The Morgan fingerprint density at radius 2 is 1.57 bits per heavy atom. The van der Waals surface area contributed by atoms with Gasteiger partial charge in [-0.3, -0.25) is 13.9 Å². The number of ether oxygens (including phenoxy) is 1. The predicted octanol–water partition coefficient (Wildman–Crippen LogP) is -0.438. The van der Waals surface area contributed by atoms with Gasteiger partial charge >= 0.3 is 39.6 Å². The fraction of sp³-hybridized carbons (Fsp3) is 0.680. The van der Waals surface area contributed by atoms with Crippen molar-refractivity contribution in [1.82, 2.24) is 9.13 Å². The van der Waals surface area contributed by atoms with Crippen molar-refractivity contribution in [1.29, 1.82) is 0 Å². The number of rotatable bonds is 15. The van der Waals surface area contributed by atoms with Crippen LogP contribution in [-0.2, 0) is 50.5 Å². The maximum atomic E-state index is 12.8. The van der Waals surface area contributed by atoms with E-state index >= 15 is 0 Å². The van der Waals surface area contributed by atoms with Gasteiger partial charge in [0.15, 0.2) is 0 Å². The van der Waals surface area contributed by atoms with Gasteiger partial charge in [0, 0.05) is 50.8 Å². The normalized spacial score (nSPS) is 17.8. The van der Waals surface area contributed by atoms with Crippen molar-refractivity contribution in [2.45, 2.75) is 95.1 Å². The fourth-order valence-corrected chi connectivity index (χ4v) is 4.63. The first-order valence-corrected chi connectivity index (χ1v) is 13.2. The quantitative estimate of drug-likeness (QED) is 0.129. The zero-order valence-corrected chi connectivity index (χ0v) is 25.7. The summed E-state index contributed by atoms with van der Waals surface area (Å²) >= 11 is 1.08. The summed E-state index contributed by atoms with van der Waals surface area (Å²) in [6.07, 6.45) is 6.06. The first kappa shape index (κ1) is 42.7. The Bertz CT molecular complexity index is 997. The van der Waals surface area contributed by atoms with Crippen molar-refractivity contribution in [2.24, 2.45) is 0 Å². The maximum Gasteiger partial charge on any atom is 0 e. The average Bonchev–Trinajstić information content (AvgIpc) is 3.34. The zero-order chi connectivity index (χ0) is 30.4. The zero-order valence-electron chi connectivity index (χ0n) is 22.1. The molecular weight excluding hydrogens is 721 g/mol. The molecule has 0 aliphatic carbocycles. The molecule has 0 bridgehead atoms. The molecule has 0 aromatic carbocycles. The van der Waals surface area contributed by atoms with Crippen molar-refractivity contribution >= 4 is 17.7 Å². The van der Waals surface area contributed by atoms with Crippen LogP contribution in [0.25, 0.3) is 5.73 Å². The summed E-state index contributed by atoms with van der Waals surface area (Å²) in [6.45, 7) is 14.8. The third kappa shape index (κ3) is 15.3. The number of hydrogen-bond donors (Lipinski definition) is 0. The van der Waals surface area contributed by atoms with E-state index < -0.39 is 42.1 Å². The molecule has 0 spiro atoms. The number of aryl methyl sites for hydroxylation is 1. The molecule has 40 heavy (non-hydrogen) atoms. The summed E-state index contributed by atoms with van der Waals surface area (Å²) in [5.41, 5.74) is 6.77. The minimum Gasteiger partial charge on any atom is 0 e. The van der Waals surface area contributed by atoms with Gasteiger partial charge in [-0.15, -0.1) is 6.61 Å². The van der Waals surface area contributed by atoms with Gasteiger partial charge in [-0.05, 0) is 37.3 Å².